The average molecular weight is 330 g/mol. The van der Waals surface area contributed by atoms with E-state index in [0.29, 0.717) is 31.8 Å². The van der Waals surface area contributed by atoms with Gasteiger partial charge in [-0.1, -0.05) is 30.3 Å². The highest BCUT2D eigenvalue weighted by Gasteiger charge is 2.37. The topological polar surface area (TPSA) is 38.7 Å². The molecule has 4 heteroatoms. The highest BCUT2D eigenvalue weighted by Crippen LogP contribution is 2.38. The Bertz CT molecular complexity index is 674. The molecule has 1 aliphatic heterocycles. The zero-order chi connectivity index (χ0) is 17.0. The van der Waals surface area contributed by atoms with Gasteiger partial charge in [0.2, 0.25) is 0 Å². The summed E-state index contributed by atoms with van der Waals surface area (Å²) < 4.78 is 25.5. The molecular formula is C20H23FO3. The molecule has 2 aromatic rings. The van der Waals surface area contributed by atoms with Gasteiger partial charge in [0.05, 0.1) is 12.7 Å². The summed E-state index contributed by atoms with van der Waals surface area (Å²) in [5.41, 5.74) is 1.34. The van der Waals surface area contributed by atoms with Crippen molar-refractivity contribution in [2.45, 2.75) is 37.9 Å². The van der Waals surface area contributed by atoms with Crippen molar-refractivity contribution in [3.05, 3.63) is 65.5 Å². The summed E-state index contributed by atoms with van der Waals surface area (Å²) in [7, 11) is 0. The van der Waals surface area contributed by atoms with E-state index in [4.69, 9.17) is 9.47 Å². The van der Waals surface area contributed by atoms with E-state index in [-0.39, 0.29) is 18.5 Å². The Labute approximate surface area is 142 Å². The molecule has 0 amide bonds. The molecule has 1 N–H and O–H groups in total. The molecule has 1 heterocycles. The lowest BCUT2D eigenvalue weighted by atomic mass is 9.73. The van der Waals surface area contributed by atoms with Crippen molar-refractivity contribution in [3.63, 3.8) is 0 Å². The molecule has 0 spiro atoms. The van der Waals surface area contributed by atoms with Gasteiger partial charge in [-0.05, 0) is 43.0 Å². The van der Waals surface area contributed by atoms with E-state index < -0.39 is 5.41 Å². The summed E-state index contributed by atoms with van der Waals surface area (Å²) in [5.74, 6) is 0.142. The second-order valence-electron chi connectivity index (χ2n) is 6.52. The van der Waals surface area contributed by atoms with E-state index in [0.717, 1.165) is 11.1 Å². The number of aliphatic hydroxyl groups excluding tert-OH is 1. The van der Waals surface area contributed by atoms with Crippen LogP contribution >= 0.6 is 0 Å². The third-order valence-electron chi connectivity index (χ3n) is 4.70. The van der Waals surface area contributed by atoms with Crippen molar-refractivity contribution >= 4 is 0 Å². The lowest BCUT2D eigenvalue weighted by molar-refractivity contribution is -0.0267. The Hall–Kier alpha value is -1.91. The van der Waals surface area contributed by atoms with Crippen LogP contribution < -0.4 is 4.74 Å². The predicted molar refractivity (Wildman–Crippen MR) is 90.6 cm³/mol. The first-order valence-corrected chi connectivity index (χ1v) is 8.31. The van der Waals surface area contributed by atoms with E-state index in [2.05, 4.69) is 0 Å². The highest BCUT2D eigenvalue weighted by molar-refractivity contribution is 5.36. The number of rotatable bonds is 5. The van der Waals surface area contributed by atoms with Crippen LogP contribution in [0, 0.1) is 5.82 Å². The van der Waals surface area contributed by atoms with Crippen molar-refractivity contribution in [3.8, 4) is 5.75 Å². The SMILES string of the molecule is CC1CC(CO)(c2cc(F)cc(OCc3ccccc3)c2)CCO1. The Balaban J connectivity index is 1.82. The molecule has 1 saturated heterocycles. The van der Waals surface area contributed by atoms with Crippen molar-refractivity contribution in [1.29, 1.82) is 0 Å². The molecule has 24 heavy (non-hydrogen) atoms. The molecule has 2 atom stereocenters. The first-order valence-electron chi connectivity index (χ1n) is 8.31. The zero-order valence-corrected chi connectivity index (χ0v) is 13.9. The fourth-order valence-electron chi connectivity index (χ4n) is 3.36. The second-order valence-corrected chi connectivity index (χ2v) is 6.52. The van der Waals surface area contributed by atoms with Crippen LogP contribution in [-0.2, 0) is 16.8 Å². The molecule has 0 radical (unpaired) electrons. The normalized spacial score (nSPS) is 23.9. The molecule has 3 nitrogen and oxygen atoms in total. The molecular weight excluding hydrogens is 307 g/mol. The van der Waals surface area contributed by atoms with Crippen molar-refractivity contribution < 1.29 is 19.0 Å². The molecule has 1 fully saturated rings. The fourth-order valence-corrected chi connectivity index (χ4v) is 3.36. The Kier molecular flexibility index (Phi) is 5.17. The Morgan fingerprint density at radius 3 is 2.75 bits per heavy atom. The number of benzene rings is 2. The molecule has 0 aromatic heterocycles. The second kappa shape index (κ2) is 7.32. The van der Waals surface area contributed by atoms with Crippen LogP contribution in [0.4, 0.5) is 4.39 Å². The number of ether oxygens (including phenoxy) is 2. The van der Waals surface area contributed by atoms with Crippen LogP contribution in [0.2, 0.25) is 0 Å². The molecule has 3 rings (SSSR count). The van der Waals surface area contributed by atoms with Crippen molar-refractivity contribution in [2.24, 2.45) is 0 Å². The third-order valence-corrected chi connectivity index (χ3v) is 4.70. The van der Waals surface area contributed by atoms with Gasteiger partial charge >= 0.3 is 0 Å². The lowest BCUT2D eigenvalue weighted by Gasteiger charge is -2.39. The van der Waals surface area contributed by atoms with E-state index >= 15 is 0 Å². The third kappa shape index (κ3) is 3.77. The fraction of sp³-hybridized carbons (Fsp3) is 0.400. The Morgan fingerprint density at radius 1 is 1.25 bits per heavy atom. The van der Waals surface area contributed by atoms with E-state index in [9.17, 15) is 9.50 Å². The summed E-state index contributed by atoms with van der Waals surface area (Å²) in [6.07, 6.45) is 1.39. The molecule has 0 aliphatic carbocycles. The van der Waals surface area contributed by atoms with Gasteiger partial charge in [0.1, 0.15) is 18.2 Å². The van der Waals surface area contributed by atoms with Crippen LogP contribution in [0.3, 0.4) is 0 Å². The van der Waals surface area contributed by atoms with Gasteiger partial charge < -0.3 is 14.6 Å². The van der Waals surface area contributed by atoms with Gasteiger partial charge in [-0.25, -0.2) is 4.39 Å². The minimum atomic E-state index is -0.468. The summed E-state index contributed by atoms with van der Waals surface area (Å²) in [6, 6.07) is 14.5. The van der Waals surface area contributed by atoms with Gasteiger partial charge in [0, 0.05) is 18.1 Å². The van der Waals surface area contributed by atoms with Crippen molar-refractivity contribution in [1.82, 2.24) is 0 Å². The van der Waals surface area contributed by atoms with Gasteiger partial charge in [-0.2, -0.15) is 0 Å². The lowest BCUT2D eigenvalue weighted by Crippen LogP contribution is -2.40. The van der Waals surface area contributed by atoms with Crippen LogP contribution in [0.1, 0.15) is 30.9 Å². The average Bonchev–Trinajstić information content (AvgIpc) is 2.60. The summed E-state index contributed by atoms with van der Waals surface area (Å²) >= 11 is 0. The number of aliphatic hydroxyl groups is 1. The van der Waals surface area contributed by atoms with Crippen molar-refractivity contribution in [2.75, 3.05) is 13.2 Å². The Morgan fingerprint density at radius 2 is 2.04 bits per heavy atom. The first-order chi connectivity index (χ1) is 11.6. The molecule has 2 aromatic carbocycles. The molecule has 0 bridgehead atoms. The molecule has 1 aliphatic rings. The maximum Gasteiger partial charge on any atom is 0.127 e. The van der Waals surface area contributed by atoms with Crippen LogP contribution in [-0.4, -0.2) is 24.4 Å². The smallest absolute Gasteiger partial charge is 0.127 e. The zero-order valence-electron chi connectivity index (χ0n) is 13.9. The van der Waals surface area contributed by atoms with Gasteiger partial charge in [0.15, 0.2) is 0 Å². The van der Waals surface area contributed by atoms with E-state index in [1.54, 1.807) is 0 Å². The van der Waals surface area contributed by atoms with Gasteiger partial charge in [0.25, 0.3) is 0 Å². The van der Waals surface area contributed by atoms with E-state index in [1.807, 2.05) is 43.3 Å². The monoisotopic (exact) mass is 330 g/mol. The number of halogens is 1. The quantitative estimate of drug-likeness (QED) is 0.905. The summed E-state index contributed by atoms with van der Waals surface area (Å²) in [4.78, 5) is 0. The summed E-state index contributed by atoms with van der Waals surface area (Å²) in [6.45, 7) is 2.91. The summed E-state index contributed by atoms with van der Waals surface area (Å²) in [5, 5.41) is 9.98. The minimum absolute atomic E-state index is 0.0255. The molecule has 2 unspecified atom stereocenters. The standard InChI is InChI=1S/C20H23FO3/c1-15-12-20(14-22,7-8-23-15)17-9-18(21)11-19(10-17)24-13-16-5-3-2-4-6-16/h2-6,9-11,15,22H,7-8,12-14H2,1H3. The van der Waals surface area contributed by atoms with Crippen LogP contribution in [0.25, 0.3) is 0 Å². The number of hydrogen-bond donors (Lipinski definition) is 1. The molecule has 0 saturated carbocycles. The molecule has 128 valence electrons. The van der Waals surface area contributed by atoms with Crippen LogP contribution in [0.15, 0.2) is 48.5 Å². The van der Waals surface area contributed by atoms with E-state index in [1.165, 1.54) is 12.1 Å². The van der Waals surface area contributed by atoms with Gasteiger partial charge in [-0.3, -0.25) is 0 Å². The number of hydrogen-bond acceptors (Lipinski definition) is 3. The first kappa shape index (κ1) is 16.9. The predicted octanol–water partition coefficient (Wildman–Crippen LogP) is 3.83. The van der Waals surface area contributed by atoms with Gasteiger partial charge in [-0.15, -0.1) is 0 Å². The maximum atomic E-state index is 14.1. The highest BCUT2D eigenvalue weighted by atomic mass is 19.1. The van der Waals surface area contributed by atoms with Crippen LogP contribution in [0.5, 0.6) is 5.75 Å². The largest absolute Gasteiger partial charge is 0.489 e. The minimum Gasteiger partial charge on any atom is -0.489 e. The maximum absolute atomic E-state index is 14.1.